The normalized spacial score (nSPS) is 8.90. The summed E-state index contributed by atoms with van der Waals surface area (Å²) in [5, 5.41) is 48.8. The maximum absolute atomic E-state index is 10.3. The van der Waals surface area contributed by atoms with Crippen LogP contribution < -0.4 is 80.9 Å². The smallest absolute Gasteiger partial charge is 1.00 e. The monoisotopic (exact) mass is 332 g/mol. The number of hydrogen-bond donors (Lipinski definition) is 6. The molecule has 0 spiro atoms. The van der Waals surface area contributed by atoms with Gasteiger partial charge in [0.2, 0.25) is 0 Å². The molecule has 0 unspecified atom stereocenters. The summed E-state index contributed by atoms with van der Waals surface area (Å²) in [4.78, 5) is 39.6. The summed E-state index contributed by atoms with van der Waals surface area (Å²) in [6.45, 7) is -0.778. The van der Waals surface area contributed by atoms with E-state index in [9.17, 15) is 14.4 Å². The molecule has 0 saturated heterocycles. The van der Waals surface area contributed by atoms with Gasteiger partial charge in [-0.15, -0.1) is 0 Å². The van der Waals surface area contributed by atoms with Gasteiger partial charge in [-0.2, -0.15) is 0 Å². The number of carbonyl (C=O) groups is 4. The van der Waals surface area contributed by atoms with Crippen LogP contribution >= 0.6 is 0 Å². The van der Waals surface area contributed by atoms with E-state index >= 15 is 0 Å². The van der Waals surface area contributed by atoms with E-state index in [2.05, 4.69) is 0 Å². The van der Waals surface area contributed by atoms with Gasteiger partial charge in [0.05, 0.1) is 12.8 Å². The molecule has 6 N–H and O–H groups in total. The van der Waals surface area contributed by atoms with Crippen molar-refractivity contribution in [1.82, 2.24) is 0 Å². The fourth-order valence-corrected chi connectivity index (χ4v) is 0.714. The van der Waals surface area contributed by atoms with E-state index in [1.807, 2.05) is 0 Å². The van der Waals surface area contributed by atoms with Crippen molar-refractivity contribution in [2.45, 2.75) is 18.4 Å². The summed E-state index contributed by atoms with van der Waals surface area (Å²) in [7, 11) is 0. The molecule has 0 fully saturated rings. The zero-order valence-corrected chi connectivity index (χ0v) is 16.1. The molecule has 0 amide bonds. The van der Waals surface area contributed by atoms with Gasteiger partial charge in [0.25, 0.3) is 0 Å². The van der Waals surface area contributed by atoms with Crippen LogP contribution in [0.1, 0.15) is 15.7 Å². The van der Waals surface area contributed by atoms with Crippen LogP contribution in [0.3, 0.4) is 0 Å². The number of aliphatic carboxylic acids is 4. The average Bonchev–Trinajstić information content (AvgIpc) is 2.15. The summed E-state index contributed by atoms with van der Waals surface area (Å²) in [5.41, 5.74) is -2.74. The molecule has 10 nitrogen and oxygen atoms in total. The molecule has 0 bridgehead atoms. The minimum absolute atomic E-state index is 0. The number of hydrogen-bond acceptors (Lipinski definition) is 6. The molecular weight excluding hydrogens is 318 g/mol. The van der Waals surface area contributed by atoms with Crippen LogP contribution in [-0.4, -0.2) is 66.7 Å². The Morgan fingerprint density at radius 3 is 1.20 bits per heavy atom. The van der Waals surface area contributed by atoms with E-state index in [0.717, 1.165) is 0 Å². The van der Waals surface area contributed by atoms with E-state index in [1.54, 1.807) is 0 Å². The van der Waals surface area contributed by atoms with Gasteiger partial charge in [0, 0.05) is 0 Å². The summed E-state index contributed by atoms with van der Waals surface area (Å²) >= 11 is 0. The third kappa shape index (κ3) is 16.5. The third-order valence-corrected chi connectivity index (χ3v) is 1.42. The van der Waals surface area contributed by atoms with Crippen LogP contribution in [-0.2, 0) is 19.2 Å². The summed E-state index contributed by atoms with van der Waals surface area (Å²) < 4.78 is 0. The predicted octanol–water partition coefficient (Wildman–Crippen LogP) is -7.95. The summed E-state index contributed by atoms with van der Waals surface area (Å²) in [5.74, 6) is -6.21. The van der Waals surface area contributed by atoms with Gasteiger partial charge >= 0.3 is 105 Å². The number of aliphatic hydroxyl groups excluding tert-OH is 1. The zero-order chi connectivity index (χ0) is 14.9. The SMILES string of the molecule is O=C(O)CC(O)(CC(=O)O)C(=O)O.O=C(O)CO.[H-].[H-].[K+].[Na+]. The number of carboxylic acids is 4. The molecule has 0 aliphatic carbocycles. The Morgan fingerprint density at radius 1 is 0.850 bits per heavy atom. The average molecular weight is 332 g/mol. The Hall–Kier alpha value is 0.436. The second-order valence-electron chi connectivity index (χ2n) is 3.03. The van der Waals surface area contributed by atoms with Crippen molar-refractivity contribution >= 4 is 23.9 Å². The second-order valence-corrected chi connectivity index (χ2v) is 3.03. The maximum Gasteiger partial charge on any atom is 1.00 e. The van der Waals surface area contributed by atoms with Crippen LogP contribution in [0.2, 0.25) is 0 Å². The molecule has 0 radical (unpaired) electrons. The first-order chi connectivity index (χ1) is 8.05. The van der Waals surface area contributed by atoms with Gasteiger partial charge in [0.15, 0.2) is 5.60 Å². The molecule has 108 valence electrons. The minimum atomic E-state index is -2.74. The van der Waals surface area contributed by atoms with Crippen molar-refractivity contribution in [1.29, 1.82) is 0 Å². The van der Waals surface area contributed by atoms with E-state index < -0.39 is 48.9 Å². The number of aliphatic hydroxyl groups is 2. The second kappa shape index (κ2) is 14.4. The van der Waals surface area contributed by atoms with Crippen LogP contribution in [0, 0.1) is 0 Å². The van der Waals surface area contributed by atoms with E-state index in [-0.39, 0.29) is 83.8 Å². The van der Waals surface area contributed by atoms with Crippen molar-refractivity contribution in [2.24, 2.45) is 0 Å². The van der Waals surface area contributed by atoms with Crippen molar-refractivity contribution in [3.63, 3.8) is 0 Å². The molecule has 0 aliphatic rings. The zero-order valence-electron chi connectivity index (χ0n) is 12.9. The largest absolute Gasteiger partial charge is 1.00 e. The topological polar surface area (TPSA) is 190 Å². The first-order valence-corrected chi connectivity index (χ1v) is 4.27. The van der Waals surface area contributed by atoms with Gasteiger partial charge in [0.1, 0.15) is 6.61 Å². The minimum Gasteiger partial charge on any atom is -1.00 e. The molecule has 0 aromatic carbocycles. The van der Waals surface area contributed by atoms with Gasteiger partial charge < -0.3 is 33.5 Å². The van der Waals surface area contributed by atoms with Crippen molar-refractivity contribution in [3.8, 4) is 0 Å². The van der Waals surface area contributed by atoms with Crippen molar-refractivity contribution < 1.29 is 134 Å². The predicted molar refractivity (Wildman–Crippen MR) is 54.0 cm³/mol. The van der Waals surface area contributed by atoms with E-state index in [0.29, 0.717) is 0 Å². The van der Waals surface area contributed by atoms with E-state index in [1.165, 1.54) is 0 Å². The van der Waals surface area contributed by atoms with Crippen LogP contribution in [0.5, 0.6) is 0 Å². The fraction of sp³-hybridized carbons (Fsp3) is 0.500. The molecular formula is C8H14KNaO10. The summed E-state index contributed by atoms with van der Waals surface area (Å²) in [6, 6.07) is 0. The molecule has 0 heterocycles. The molecule has 0 rings (SSSR count). The fourth-order valence-electron chi connectivity index (χ4n) is 0.714. The number of carboxylic acid groups (broad SMARTS) is 4. The Balaban J connectivity index is -0.0000000627. The third-order valence-electron chi connectivity index (χ3n) is 1.42. The maximum atomic E-state index is 10.3. The molecule has 0 aliphatic heterocycles. The van der Waals surface area contributed by atoms with Crippen LogP contribution in [0.15, 0.2) is 0 Å². The molecule has 20 heavy (non-hydrogen) atoms. The van der Waals surface area contributed by atoms with Crippen molar-refractivity contribution in [2.75, 3.05) is 6.61 Å². The van der Waals surface area contributed by atoms with Gasteiger partial charge in [-0.05, 0) is 0 Å². The Morgan fingerprint density at radius 2 is 1.10 bits per heavy atom. The van der Waals surface area contributed by atoms with Gasteiger partial charge in [-0.1, -0.05) is 0 Å². The van der Waals surface area contributed by atoms with Gasteiger partial charge in [-0.3, -0.25) is 9.59 Å². The molecule has 0 atom stereocenters. The standard InChI is InChI=1S/C6H8O7.C2H4O3.K.Na.2H/c7-3(8)1-6(13,5(11)12)2-4(9)10;3-1-2(4)5;;;;/h13H,1-2H2,(H,7,8)(H,9,10)(H,11,12);3H,1H2,(H,4,5);;;;/q;;2*+1;2*-1. The van der Waals surface area contributed by atoms with E-state index in [4.69, 9.17) is 35.4 Å². The molecule has 0 saturated carbocycles. The summed E-state index contributed by atoms with van der Waals surface area (Å²) in [6.07, 6.45) is -2.29. The Kier molecular flexibility index (Phi) is 20.5. The quantitative estimate of drug-likeness (QED) is 0.255. The molecule has 0 aromatic rings. The van der Waals surface area contributed by atoms with Gasteiger partial charge in [-0.25, -0.2) is 9.59 Å². The van der Waals surface area contributed by atoms with Crippen LogP contribution in [0.25, 0.3) is 0 Å². The van der Waals surface area contributed by atoms with Crippen molar-refractivity contribution in [3.05, 3.63) is 0 Å². The Bertz CT molecular complexity index is 338. The molecule has 0 aromatic heterocycles. The first kappa shape index (κ1) is 28.6. The molecule has 12 heteroatoms. The van der Waals surface area contributed by atoms with Crippen LogP contribution in [0.4, 0.5) is 0 Å². The Labute approximate surface area is 180 Å². The number of rotatable bonds is 6. The first-order valence-electron chi connectivity index (χ1n) is 4.27.